The van der Waals surface area contributed by atoms with Gasteiger partial charge in [0, 0.05) is 56.7 Å². The maximum atomic E-state index is 12.3. The van der Waals surface area contributed by atoms with Crippen molar-refractivity contribution >= 4 is 23.5 Å². The predicted octanol–water partition coefficient (Wildman–Crippen LogP) is 1.85. The molecule has 0 atom stereocenters. The van der Waals surface area contributed by atoms with Crippen molar-refractivity contribution in [1.29, 1.82) is 0 Å². The number of hydrogen-bond donors (Lipinski definition) is 1. The minimum atomic E-state index is -0.223. The summed E-state index contributed by atoms with van der Waals surface area (Å²) in [5.74, 6) is 1.14. The van der Waals surface area contributed by atoms with Gasteiger partial charge in [-0.05, 0) is 18.2 Å². The van der Waals surface area contributed by atoms with Gasteiger partial charge in [0.1, 0.15) is 0 Å². The van der Waals surface area contributed by atoms with Crippen LogP contribution >= 0.6 is 0 Å². The predicted molar refractivity (Wildman–Crippen MR) is 103 cm³/mol. The lowest BCUT2D eigenvalue weighted by molar-refractivity contribution is 0.102. The van der Waals surface area contributed by atoms with Gasteiger partial charge in [-0.25, -0.2) is 19.9 Å². The number of amides is 1. The molecular weight excluding hydrogens is 342 g/mol. The number of rotatable bonds is 4. The van der Waals surface area contributed by atoms with Gasteiger partial charge in [0.15, 0.2) is 0 Å². The lowest BCUT2D eigenvalue weighted by Crippen LogP contribution is -2.47. The first-order valence-electron chi connectivity index (χ1n) is 8.75. The van der Waals surface area contributed by atoms with Crippen LogP contribution in [-0.2, 0) is 0 Å². The number of hydrogen-bond acceptors (Lipinski definition) is 7. The molecule has 8 nitrogen and oxygen atoms in total. The lowest BCUT2D eigenvalue weighted by atomic mass is 10.3. The van der Waals surface area contributed by atoms with Crippen LogP contribution in [0.25, 0.3) is 0 Å². The fourth-order valence-electron chi connectivity index (χ4n) is 2.89. The van der Waals surface area contributed by atoms with Gasteiger partial charge in [-0.2, -0.15) is 0 Å². The molecule has 4 rings (SSSR count). The van der Waals surface area contributed by atoms with E-state index in [1.54, 1.807) is 24.8 Å². The number of benzene rings is 1. The zero-order valence-electron chi connectivity index (χ0n) is 14.7. The van der Waals surface area contributed by atoms with Gasteiger partial charge in [0.25, 0.3) is 5.91 Å². The summed E-state index contributed by atoms with van der Waals surface area (Å²) >= 11 is 0. The average Bonchev–Trinajstić information content (AvgIpc) is 2.75. The third kappa shape index (κ3) is 4.00. The third-order valence-corrected chi connectivity index (χ3v) is 4.33. The topological polar surface area (TPSA) is 87.1 Å². The first-order chi connectivity index (χ1) is 13.3. The summed E-state index contributed by atoms with van der Waals surface area (Å²) in [6, 6.07) is 11.1. The second kappa shape index (κ2) is 7.77. The van der Waals surface area contributed by atoms with Crippen LogP contribution in [0.5, 0.6) is 0 Å². The van der Waals surface area contributed by atoms with Gasteiger partial charge in [0.2, 0.25) is 11.9 Å². The highest BCUT2D eigenvalue weighted by Crippen LogP contribution is 2.15. The number of para-hydroxylation sites is 1. The van der Waals surface area contributed by atoms with E-state index in [-0.39, 0.29) is 5.91 Å². The Labute approximate surface area is 156 Å². The minimum Gasteiger partial charge on any atom is -0.337 e. The van der Waals surface area contributed by atoms with Crippen LogP contribution < -0.4 is 15.1 Å². The molecule has 1 aliphatic rings. The Morgan fingerprint density at radius 3 is 1.93 bits per heavy atom. The Morgan fingerprint density at radius 1 is 0.778 bits per heavy atom. The molecule has 27 heavy (non-hydrogen) atoms. The van der Waals surface area contributed by atoms with Gasteiger partial charge < -0.3 is 15.1 Å². The number of nitrogens with zero attached hydrogens (tertiary/aromatic N) is 6. The van der Waals surface area contributed by atoms with Crippen LogP contribution in [0.15, 0.2) is 61.2 Å². The molecule has 0 unspecified atom stereocenters. The number of carbonyl (C=O) groups excluding carboxylic acids is 1. The normalized spacial score (nSPS) is 14.1. The number of anilines is 3. The summed E-state index contributed by atoms with van der Waals surface area (Å²) < 4.78 is 0. The van der Waals surface area contributed by atoms with E-state index in [1.165, 1.54) is 0 Å². The number of aromatic nitrogens is 4. The lowest BCUT2D eigenvalue weighted by Gasteiger charge is -2.34. The highest BCUT2D eigenvalue weighted by molar-refractivity contribution is 6.03. The molecular formula is C19H19N7O. The van der Waals surface area contributed by atoms with E-state index in [2.05, 4.69) is 35.1 Å². The molecule has 3 heterocycles. The molecule has 0 saturated carbocycles. The Balaban J connectivity index is 1.36. The summed E-state index contributed by atoms with van der Waals surface area (Å²) in [6.45, 7) is 3.13. The fraction of sp³-hybridized carbons (Fsp3) is 0.211. The highest BCUT2D eigenvalue weighted by atomic mass is 16.1. The molecule has 0 bridgehead atoms. The quantitative estimate of drug-likeness (QED) is 0.759. The van der Waals surface area contributed by atoms with Gasteiger partial charge in [-0.15, -0.1) is 0 Å². The van der Waals surface area contributed by atoms with Crippen molar-refractivity contribution in [2.24, 2.45) is 0 Å². The fourth-order valence-corrected chi connectivity index (χ4v) is 2.89. The third-order valence-electron chi connectivity index (χ3n) is 4.33. The molecule has 1 N–H and O–H groups in total. The Hall–Kier alpha value is -3.55. The van der Waals surface area contributed by atoms with Crippen LogP contribution in [0.1, 0.15) is 10.4 Å². The van der Waals surface area contributed by atoms with Crippen LogP contribution in [0.2, 0.25) is 0 Å². The molecule has 1 fully saturated rings. The van der Waals surface area contributed by atoms with E-state index in [1.807, 2.05) is 36.4 Å². The van der Waals surface area contributed by atoms with Crippen molar-refractivity contribution in [3.8, 4) is 0 Å². The number of nitrogens with one attached hydrogen (secondary N) is 1. The van der Waals surface area contributed by atoms with Crippen LogP contribution in [0, 0.1) is 0 Å². The summed E-state index contributed by atoms with van der Waals surface area (Å²) in [6.07, 6.45) is 6.62. The van der Waals surface area contributed by atoms with Crippen molar-refractivity contribution in [2.45, 2.75) is 0 Å². The average molecular weight is 361 g/mol. The smallest absolute Gasteiger partial charge is 0.258 e. The first kappa shape index (κ1) is 16.9. The van der Waals surface area contributed by atoms with Crippen molar-refractivity contribution in [1.82, 2.24) is 19.9 Å². The maximum Gasteiger partial charge on any atom is 0.258 e. The Kier molecular flexibility index (Phi) is 4.86. The van der Waals surface area contributed by atoms with Crippen LogP contribution in [-0.4, -0.2) is 52.0 Å². The van der Waals surface area contributed by atoms with Gasteiger partial charge in [-0.3, -0.25) is 4.79 Å². The summed E-state index contributed by atoms with van der Waals surface area (Å²) in [7, 11) is 0. The molecule has 0 spiro atoms. The molecule has 2 aromatic heterocycles. The summed E-state index contributed by atoms with van der Waals surface area (Å²) in [5.41, 5.74) is 1.17. The number of carbonyl (C=O) groups is 1. The Bertz CT molecular complexity index is 879. The van der Waals surface area contributed by atoms with E-state index in [4.69, 9.17) is 0 Å². The highest BCUT2D eigenvalue weighted by Gasteiger charge is 2.20. The van der Waals surface area contributed by atoms with E-state index in [9.17, 15) is 4.79 Å². The molecule has 1 aliphatic heterocycles. The summed E-state index contributed by atoms with van der Waals surface area (Å²) in [5, 5.41) is 2.83. The molecule has 3 aromatic rings. The largest absolute Gasteiger partial charge is 0.337 e. The van der Waals surface area contributed by atoms with Crippen LogP contribution in [0.3, 0.4) is 0 Å². The van der Waals surface area contributed by atoms with Crippen molar-refractivity contribution in [2.75, 3.05) is 41.3 Å². The van der Waals surface area contributed by atoms with E-state index in [0.717, 1.165) is 37.8 Å². The first-order valence-corrected chi connectivity index (χ1v) is 8.75. The van der Waals surface area contributed by atoms with Crippen LogP contribution in [0.4, 0.5) is 17.6 Å². The Morgan fingerprint density at radius 2 is 1.33 bits per heavy atom. The van der Waals surface area contributed by atoms with Gasteiger partial charge in [-0.1, -0.05) is 18.2 Å². The molecule has 1 aromatic carbocycles. The maximum absolute atomic E-state index is 12.3. The zero-order valence-corrected chi connectivity index (χ0v) is 14.7. The second-order valence-electron chi connectivity index (χ2n) is 6.11. The number of piperazine rings is 1. The molecule has 8 heteroatoms. The van der Waals surface area contributed by atoms with Gasteiger partial charge >= 0.3 is 0 Å². The van der Waals surface area contributed by atoms with Gasteiger partial charge in [0.05, 0.1) is 5.56 Å². The van der Waals surface area contributed by atoms with E-state index >= 15 is 0 Å². The zero-order chi connectivity index (χ0) is 18.5. The van der Waals surface area contributed by atoms with Crippen molar-refractivity contribution < 1.29 is 4.79 Å². The molecule has 0 aliphatic carbocycles. The molecule has 0 radical (unpaired) electrons. The van der Waals surface area contributed by atoms with E-state index in [0.29, 0.717) is 11.5 Å². The van der Waals surface area contributed by atoms with Crippen molar-refractivity contribution in [3.63, 3.8) is 0 Å². The molecule has 1 amide bonds. The monoisotopic (exact) mass is 361 g/mol. The molecule has 136 valence electrons. The van der Waals surface area contributed by atoms with E-state index < -0.39 is 0 Å². The van der Waals surface area contributed by atoms with Crippen molar-refractivity contribution in [3.05, 3.63) is 66.7 Å². The molecule has 1 saturated heterocycles. The minimum absolute atomic E-state index is 0.223. The second-order valence-corrected chi connectivity index (χ2v) is 6.11. The SMILES string of the molecule is O=C(Nc1ccccc1)c1cnc(N2CCN(c3ncccn3)CC2)nc1. The standard InChI is InChI=1S/C19H19N7O/c27-17(24-16-5-2-1-3-6-16)15-13-22-19(23-14-15)26-11-9-25(10-12-26)18-20-7-4-8-21-18/h1-8,13-14H,9-12H2,(H,24,27). The summed E-state index contributed by atoms with van der Waals surface area (Å²) in [4.78, 5) is 33.8.